The highest BCUT2D eigenvalue weighted by molar-refractivity contribution is 7.87. The van der Waals surface area contributed by atoms with E-state index in [1.807, 2.05) is 0 Å². The van der Waals surface area contributed by atoms with Crippen molar-refractivity contribution in [3.63, 3.8) is 0 Å². The lowest BCUT2D eigenvalue weighted by Crippen LogP contribution is -2.48. The molecule has 5 rings (SSSR count). The number of hydrogen-bond donors (Lipinski definition) is 3. The van der Waals surface area contributed by atoms with Gasteiger partial charge in [0.15, 0.2) is 0 Å². The van der Waals surface area contributed by atoms with Crippen LogP contribution >= 0.6 is 0 Å². The number of pyridine rings is 1. The Bertz CT molecular complexity index is 1270. The van der Waals surface area contributed by atoms with Gasteiger partial charge in [0.2, 0.25) is 5.95 Å². The molecule has 11 nitrogen and oxygen atoms in total. The summed E-state index contributed by atoms with van der Waals surface area (Å²) in [7, 11) is -3.55. The summed E-state index contributed by atoms with van der Waals surface area (Å²) in [4.78, 5) is 22.3. The smallest absolute Gasteiger partial charge is 0.279 e. The first kappa shape index (κ1) is 25.5. The van der Waals surface area contributed by atoms with Crippen LogP contribution in [0.1, 0.15) is 63.5 Å². The van der Waals surface area contributed by atoms with Crippen LogP contribution in [-0.2, 0) is 14.9 Å². The molecular formula is C24H36N6O5S. The summed E-state index contributed by atoms with van der Waals surface area (Å²) in [5.41, 5.74) is -0.0163. The number of hydrogen-bond acceptors (Lipinski definition) is 8. The molecule has 4 heterocycles. The molecule has 2 aromatic heterocycles. The third-order valence-electron chi connectivity index (χ3n) is 7.79. The summed E-state index contributed by atoms with van der Waals surface area (Å²) in [5, 5.41) is 15.0. The van der Waals surface area contributed by atoms with E-state index in [1.54, 1.807) is 30.7 Å². The molecule has 3 aliphatic rings. The summed E-state index contributed by atoms with van der Waals surface area (Å²) < 4.78 is 36.7. The largest absolute Gasteiger partial charge is 0.388 e. The van der Waals surface area contributed by atoms with Crippen molar-refractivity contribution in [2.45, 2.75) is 82.6 Å². The maximum absolute atomic E-state index is 13.1. The number of aromatic nitrogens is 3. The highest BCUT2D eigenvalue weighted by Crippen LogP contribution is 2.39. The van der Waals surface area contributed by atoms with Crippen LogP contribution in [0.15, 0.2) is 17.1 Å². The molecule has 0 spiro atoms. The average molecular weight is 521 g/mol. The Kier molecular flexibility index (Phi) is 7.07. The number of fused-ring (bicyclic) bond motifs is 1. The first-order valence-corrected chi connectivity index (χ1v) is 14.3. The molecule has 0 amide bonds. The number of piperidine rings is 1. The van der Waals surface area contributed by atoms with Gasteiger partial charge in [-0.05, 0) is 64.9 Å². The van der Waals surface area contributed by atoms with Crippen molar-refractivity contribution in [1.82, 2.24) is 23.6 Å². The Morgan fingerprint density at radius 2 is 2.00 bits per heavy atom. The topological polar surface area (TPSA) is 139 Å². The van der Waals surface area contributed by atoms with Gasteiger partial charge in [0.05, 0.1) is 17.7 Å². The maximum atomic E-state index is 13.1. The van der Waals surface area contributed by atoms with Crippen LogP contribution in [0, 0.1) is 6.92 Å². The third-order valence-corrected chi connectivity index (χ3v) is 9.36. The van der Waals surface area contributed by atoms with Crippen molar-refractivity contribution in [3.8, 4) is 0 Å². The lowest BCUT2D eigenvalue weighted by atomic mass is 9.99. The highest BCUT2D eigenvalue weighted by atomic mass is 32.2. The van der Waals surface area contributed by atoms with Crippen LogP contribution in [0.25, 0.3) is 11.0 Å². The summed E-state index contributed by atoms with van der Waals surface area (Å²) >= 11 is 0. The Balaban J connectivity index is 1.28. The molecule has 36 heavy (non-hydrogen) atoms. The Morgan fingerprint density at radius 1 is 1.22 bits per heavy atom. The second-order valence-corrected chi connectivity index (χ2v) is 12.3. The van der Waals surface area contributed by atoms with Gasteiger partial charge in [-0.3, -0.25) is 9.36 Å². The number of nitrogens with zero attached hydrogens (tertiary/aromatic N) is 4. The monoisotopic (exact) mass is 520 g/mol. The highest BCUT2D eigenvalue weighted by Gasteiger charge is 2.39. The number of anilines is 1. The zero-order valence-electron chi connectivity index (χ0n) is 20.9. The summed E-state index contributed by atoms with van der Waals surface area (Å²) in [5.74, 6) is 0.398. The minimum Gasteiger partial charge on any atom is -0.388 e. The normalized spacial score (nSPS) is 28.2. The van der Waals surface area contributed by atoms with Crippen LogP contribution in [0.3, 0.4) is 0 Å². The van der Waals surface area contributed by atoms with Gasteiger partial charge < -0.3 is 15.2 Å². The molecule has 2 aliphatic heterocycles. The van der Waals surface area contributed by atoms with Crippen molar-refractivity contribution in [1.29, 1.82) is 0 Å². The number of aryl methyl sites for hydroxylation is 1. The van der Waals surface area contributed by atoms with E-state index >= 15 is 0 Å². The minimum atomic E-state index is -3.55. The van der Waals surface area contributed by atoms with Crippen molar-refractivity contribution >= 4 is 27.2 Å². The molecule has 0 unspecified atom stereocenters. The summed E-state index contributed by atoms with van der Waals surface area (Å²) in [6.45, 7) is 5.33. The van der Waals surface area contributed by atoms with Gasteiger partial charge in [0.25, 0.3) is 15.8 Å². The fourth-order valence-corrected chi connectivity index (χ4v) is 6.94. The van der Waals surface area contributed by atoms with Crippen LogP contribution in [0.4, 0.5) is 5.95 Å². The van der Waals surface area contributed by atoms with Crippen molar-refractivity contribution in [2.24, 2.45) is 0 Å². The lowest BCUT2D eigenvalue weighted by molar-refractivity contribution is 0.0266. The van der Waals surface area contributed by atoms with E-state index in [1.165, 1.54) is 4.31 Å². The SMILES string of the molecule is Cc1cc2cnc(NC3CCN(S(=O)(=O)NC[C@@H]4CCCO4)CC3)nc2n([C@H]2CCC[C@]2(C)O)c1=O. The molecule has 2 saturated heterocycles. The number of aliphatic hydroxyl groups is 1. The van der Waals surface area contributed by atoms with Gasteiger partial charge in [-0.2, -0.15) is 22.4 Å². The quantitative estimate of drug-likeness (QED) is 0.499. The molecule has 0 radical (unpaired) electrons. The van der Waals surface area contributed by atoms with Crippen LogP contribution < -0.4 is 15.6 Å². The lowest BCUT2D eigenvalue weighted by Gasteiger charge is -2.32. The number of rotatable bonds is 7. The van der Waals surface area contributed by atoms with E-state index in [-0.39, 0.29) is 23.7 Å². The van der Waals surface area contributed by atoms with Gasteiger partial charge >= 0.3 is 0 Å². The fourth-order valence-electron chi connectivity index (χ4n) is 5.67. The van der Waals surface area contributed by atoms with E-state index in [9.17, 15) is 18.3 Å². The van der Waals surface area contributed by atoms with Gasteiger partial charge in [-0.25, -0.2) is 4.98 Å². The van der Waals surface area contributed by atoms with Crippen LogP contribution in [-0.4, -0.2) is 76.4 Å². The first-order chi connectivity index (χ1) is 17.1. The number of nitrogens with one attached hydrogen (secondary N) is 2. The Labute approximate surface area is 211 Å². The molecule has 1 saturated carbocycles. The van der Waals surface area contributed by atoms with E-state index in [0.29, 0.717) is 69.1 Å². The van der Waals surface area contributed by atoms with E-state index in [0.717, 1.165) is 24.6 Å². The fraction of sp³-hybridized carbons (Fsp3) is 0.708. The third kappa shape index (κ3) is 5.14. The van der Waals surface area contributed by atoms with Crippen LogP contribution in [0.2, 0.25) is 0 Å². The summed E-state index contributed by atoms with van der Waals surface area (Å²) in [6.07, 6.45) is 6.93. The predicted octanol–water partition coefficient (Wildman–Crippen LogP) is 1.47. The molecular weight excluding hydrogens is 484 g/mol. The van der Waals surface area contributed by atoms with E-state index in [2.05, 4.69) is 15.0 Å². The minimum absolute atomic E-state index is 0.00674. The van der Waals surface area contributed by atoms with E-state index < -0.39 is 15.8 Å². The molecule has 1 aliphatic carbocycles. The standard InChI is InChI=1S/C24H36N6O5S/c1-16-13-17-14-25-23(28-21(17)30(22(16)31)20-6-3-9-24(20,2)32)27-18-7-10-29(11-8-18)36(33,34)26-15-19-5-4-12-35-19/h13-14,18-20,26,32H,3-12,15H2,1-2H3,(H,25,27,28)/t19-,20-,24-/m0/s1. The van der Waals surface area contributed by atoms with Crippen molar-refractivity contribution < 1.29 is 18.3 Å². The molecule has 2 aromatic rings. The zero-order valence-corrected chi connectivity index (χ0v) is 21.8. The van der Waals surface area contributed by atoms with Crippen molar-refractivity contribution in [2.75, 3.05) is 31.6 Å². The van der Waals surface area contributed by atoms with Gasteiger partial charge in [-0.1, -0.05) is 0 Å². The Morgan fingerprint density at radius 3 is 2.67 bits per heavy atom. The van der Waals surface area contributed by atoms with Crippen molar-refractivity contribution in [3.05, 3.63) is 28.2 Å². The first-order valence-electron chi connectivity index (χ1n) is 12.9. The second kappa shape index (κ2) is 9.97. The van der Waals surface area contributed by atoms with Gasteiger partial charge in [-0.15, -0.1) is 0 Å². The molecule has 3 atom stereocenters. The molecule has 0 bridgehead atoms. The van der Waals surface area contributed by atoms with Crippen LogP contribution in [0.5, 0.6) is 0 Å². The maximum Gasteiger partial charge on any atom is 0.279 e. The molecule has 3 fully saturated rings. The average Bonchev–Trinajstić information content (AvgIpc) is 3.49. The molecule has 198 valence electrons. The van der Waals surface area contributed by atoms with Gasteiger partial charge in [0, 0.05) is 49.4 Å². The zero-order chi connectivity index (χ0) is 25.5. The second-order valence-electron chi connectivity index (χ2n) is 10.5. The molecule has 12 heteroatoms. The van der Waals surface area contributed by atoms with Gasteiger partial charge in [0.1, 0.15) is 5.65 Å². The predicted molar refractivity (Wildman–Crippen MR) is 136 cm³/mol. The molecule has 3 N–H and O–H groups in total. The van der Waals surface area contributed by atoms with E-state index in [4.69, 9.17) is 9.72 Å². The summed E-state index contributed by atoms with van der Waals surface area (Å²) in [6, 6.07) is 1.45. The Hall–Kier alpha value is -2.12. The molecule has 0 aromatic carbocycles. The number of ether oxygens (including phenoxy) is 1.